The molecule has 0 aliphatic carbocycles. The van der Waals surface area contributed by atoms with E-state index in [1.807, 2.05) is 36.4 Å². The normalized spacial score (nSPS) is 11.3. The third kappa shape index (κ3) is 4.48. The fraction of sp³-hybridized carbons (Fsp3) is 0. The summed E-state index contributed by atoms with van der Waals surface area (Å²) in [5.74, 6) is 0. The maximum atomic E-state index is 10.8. The van der Waals surface area contributed by atoms with Crippen LogP contribution in [0.2, 0.25) is 0 Å². The predicted molar refractivity (Wildman–Crippen MR) is 201 cm³/mol. The van der Waals surface area contributed by atoms with Gasteiger partial charge in [0.25, 0.3) is 0 Å². The van der Waals surface area contributed by atoms with Crippen LogP contribution in [0.5, 0.6) is 0 Å². The number of aromatic nitrogens is 1. The van der Waals surface area contributed by atoms with Crippen molar-refractivity contribution in [2.75, 3.05) is 0 Å². The van der Waals surface area contributed by atoms with Gasteiger partial charge in [0.15, 0.2) is 13.8 Å². The third-order valence-corrected chi connectivity index (χ3v) is 14.3. The third-order valence-electron chi connectivity index (χ3n) is 9.41. The van der Waals surface area contributed by atoms with Gasteiger partial charge in [-0.05, 0) is 62.2 Å². The predicted octanol–water partition coefficient (Wildman–Crippen LogP) is 8.25. The van der Waals surface area contributed by atoms with Crippen LogP contribution in [0.25, 0.3) is 43.5 Å². The molecule has 0 aliphatic heterocycles. The minimum absolute atomic E-state index is 0.544. The Labute approximate surface area is 281 Å². The molecule has 224 valence electrons. The Bertz CT molecular complexity index is 2370. The van der Waals surface area contributed by atoms with Crippen LogP contribution in [-0.4, -0.2) is 12.6 Å². The van der Waals surface area contributed by atoms with Crippen molar-refractivity contribution < 1.29 is 0 Å². The van der Waals surface area contributed by atoms with E-state index in [0.717, 1.165) is 33.0 Å². The monoisotopic (exact) mass is 627 g/mol. The molecule has 8 aromatic rings. The first-order valence-corrected chi connectivity index (χ1v) is 18.0. The second kappa shape index (κ2) is 12.0. The van der Waals surface area contributed by atoms with Crippen LogP contribution in [0, 0.1) is 17.9 Å². The van der Waals surface area contributed by atoms with Gasteiger partial charge in [-0.25, -0.2) is 4.85 Å². The molecule has 0 saturated heterocycles. The SMILES string of the molecule is [C-]#[N+]c1cc(-n2c3ccccc3c3ccccc32)ccc1-c1cccc(C#N)c1[Si](c1ccccc1)(c1ccccc1)c1ccccc1. The van der Waals surface area contributed by atoms with Crippen LogP contribution < -0.4 is 20.7 Å². The van der Waals surface area contributed by atoms with E-state index in [-0.39, 0.29) is 0 Å². The number of para-hydroxylation sites is 2. The lowest BCUT2D eigenvalue weighted by molar-refractivity contribution is 1.18. The fourth-order valence-electron chi connectivity index (χ4n) is 7.45. The molecule has 7 aromatic carbocycles. The number of hydrogen-bond donors (Lipinski definition) is 0. The molecule has 4 heteroatoms. The summed E-state index contributed by atoms with van der Waals surface area (Å²) in [5, 5.41) is 17.7. The van der Waals surface area contributed by atoms with E-state index in [2.05, 4.69) is 155 Å². The van der Waals surface area contributed by atoms with Crippen LogP contribution >= 0.6 is 0 Å². The lowest BCUT2D eigenvalue weighted by atomic mass is 10.0. The Morgan fingerprint density at radius 1 is 0.521 bits per heavy atom. The van der Waals surface area contributed by atoms with E-state index < -0.39 is 8.07 Å². The van der Waals surface area contributed by atoms with Crippen molar-refractivity contribution in [2.45, 2.75) is 0 Å². The van der Waals surface area contributed by atoms with Gasteiger partial charge in [0.05, 0.1) is 29.2 Å². The Morgan fingerprint density at radius 2 is 1.02 bits per heavy atom. The summed E-state index contributed by atoms with van der Waals surface area (Å²) >= 11 is 0. The number of benzene rings is 7. The van der Waals surface area contributed by atoms with Crippen molar-refractivity contribution in [3.8, 4) is 22.9 Å². The maximum Gasteiger partial charge on any atom is 0.196 e. The number of rotatable bonds is 6. The van der Waals surface area contributed by atoms with Crippen LogP contribution in [-0.2, 0) is 0 Å². The summed E-state index contributed by atoms with van der Waals surface area (Å²) in [6.07, 6.45) is 0. The molecule has 48 heavy (non-hydrogen) atoms. The standard InChI is InChI=1S/C44H29N3Si/c1-46-41-30-33(47-42-26-13-11-23-38(42)39-24-12-14-27-43(39)47)28-29-37(41)40-25-15-16-32(31-45)44(40)48(34-17-5-2-6-18-34,35-19-7-3-8-20-35)36-21-9-4-10-22-36/h2-30H. The van der Waals surface area contributed by atoms with Gasteiger partial charge in [0.2, 0.25) is 0 Å². The molecular formula is C44H29N3Si. The van der Waals surface area contributed by atoms with Crippen LogP contribution in [0.3, 0.4) is 0 Å². The van der Waals surface area contributed by atoms with Crippen LogP contribution in [0.15, 0.2) is 176 Å². The van der Waals surface area contributed by atoms with Crippen molar-refractivity contribution >= 4 is 56.3 Å². The van der Waals surface area contributed by atoms with Gasteiger partial charge in [0.1, 0.15) is 0 Å². The summed E-state index contributed by atoms with van der Waals surface area (Å²) in [5.41, 5.74) is 6.02. The van der Waals surface area contributed by atoms with Crippen molar-refractivity contribution in [1.82, 2.24) is 4.57 Å². The Hall–Kier alpha value is -6.46. The molecule has 3 nitrogen and oxygen atoms in total. The summed E-state index contributed by atoms with van der Waals surface area (Å²) in [6, 6.07) is 63.4. The minimum Gasteiger partial charge on any atom is -0.311 e. The lowest BCUT2D eigenvalue weighted by Crippen LogP contribution is -2.75. The summed E-state index contributed by atoms with van der Waals surface area (Å²) < 4.78 is 2.24. The quantitative estimate of drug-likeness (QED) is 0.104. The van der Waals surface area contributed by atoms with E-state index in [9.17, 15) is 5.26 Å². The minimum atomic E-state index is -3.10. The first-order chi connectivity index (χ1) is 23.8. The van der Waals surface area contributed by atoms with E-state index in [4.69, 9.17) is 6.57 Å². The molecule has 0 radical (unpaired) electrons. The molecule has 0 saturated carbocycles. The Morgan fingerprint density at radius 3 is 1.52 bits per heavy atom. The zero-order valence-electron chi connectivity index (χ0n) is 26.1. The van der Waals surface area contributed by atoms with Gasteiger partial charge < -0.3 is 4.57 Å². The largest absolute Gasteiger partial charge is 0.311 e. The second-order valence-electron chi connectivity index (χ2n) is 11.9. The van der Waals surface area contributed by atoms with Crippen molar-refractivity contribution in [3.63, 3.8) is 0 Å². The van der Waals surface area contributed by atoms with Gasteiger partial charge in [0, 0.05) is 16.5 Å². The molecule has 0 amide bonds. The van der Waals surface area contributed by atoms with Crippen molar-refractivity contribution in [2.24, 2.45) is 0 Å². The highest BCUT2D eigenvalue weighted by Crippen LogP contribution is 2.37. The molecular weight excluding hydrogens is 599 g/mol. The smallest absolute Gasteiger partial charge is 0.196 e. The molecule has 1 heterocycles. The average molecular weight is 628 g/mol. The molecule has 0 aliphatic rings. The molecule has 0 N–H and O–H groups in total. The number of nitriles is 1. The topological polar surface area (TPSA) is 33.1 Å². The summed E-state index contributed by atoms with van der Waals surface area (Å²) in [4.78, 5) is 4.14. The highest BCUT2D eigenvalue weighted by atomic mass is 28.3. The Kier molecular flexibility index (Phi) is 7.27. The zero-order valence-corrected chi connectivity index (χ0v) is 27.1. The molecule has 0 unspecified atom stereocenters. The zero-order chi connectivity index (χ0) is 32.5. The molecule has 0 atom stereocenters. The number of nitrogens with zero attached hydrogens (tertiary/aromatic N) is 3. The van der Waals surface area contributed by atoms with Gasteiger partial charge >= 0.3 is 0 Å². The molecule has 1 aromatic heterocycles. The van der Waals surface area contributed by atoms with E-state index >= 15 is 0 Å². The van der Waals surface area contributed by atoms with E-state index in [1.54, 1.807) is 0 Å². The lowest BCUT2D eigenvalue weighted by Gasteiger charge is -2.36. The summed E-state index contributed by atoms with van der Waals surface area (Å²) in [7, 11) is -3.10. The van der Waals surface area contributed by atoms with Gasteiger partial charge in [-0.3, -0.25) is 0 Å². The van der Waals surface area contributed by atoms with Crippen LogP contribution in [0.1, 0.15) is 5.56 Å². The van der Waals surface area contributed by atoms with E-state index in [0.29, 0.717) is 11.3 Å². The van der Waals surface area contributed by atoms with Crippen LogP contribution in [0.4, 0.5) is 5.69 Å². The highest BCUT2D eigenvalue weighted by Gasteiger charge is 2.44. The highest BCUT2D eigenvalue weighted by molar-refractivity contribution is 7.20. The molecule has 0 bridgehead atoms. The van der Waals surface area contributed by atoms with Gasteiger partial charge in [-0.15, -0.1) is 0 Å². The summed E-state index contributed by atoms with van der Waals surface area (Å²) in [6.45, 7) is 8.46. The first-order valence-electron chi connectivity index (χ1n) is 16.0. The van der Waals surface area contributed by atoms with E-state index in [1.165, 1.54) is 26.3 Å². The Balaban J connectivity index is 1.45. The van der Waals surface area contributed by atoms with Crippen molar-refractivity contribution in [1.29, 1.82) is 5.26 Å². The first kappa shape index (κ1) is 29.0. The average Bonchev–Trinajstić information content (AvgIpc) is 3.51. The molecule has 0 spiro atoms. The van der Waals surface area contributed by atoms with Gasteiger partial charge in [-0.1, -0.05) is 146 Å². The van der Waals surface area contributed by atoms with Gasteiger partial charge in [-0.2, -0.15) is 5.26 Å². The maximum absolute atomic E-state index is 10.8. The van der Waals surface area contributed by atoms with Crippen molar-refractivity contribution in [3.05, 3.63) is 193 Å². The molecule has 8 rings (SSSR count). The number of hydrogen-bond acceptors (Lipinski definition) is 1. The molecule has 0 fully saturated rings. The fourth-order valence-corrected chi connectivity index (χ4v) is 12.6. The second-order valence-corrected chi connectivity index (χ2v) is 15.6. The number of fused-ring (bicyclic) bond motifs is 3.